The summed E-state index contributed by atoms with van der Waals surface area (Å²) < 4.78 is 0. The molecule has 3 amide bonds. The molecule has 7 heteroatoms. The zero-order chi connectivity index (χ0) is 20.8. The van der Waals surface area contributed by atoms with E-state index in [0.717, 1.165) is 17.7 Å². The Morgan fingerprint density at radius 2 is 1.79 bits per heavy atom. The number of rotatable bonds is 7. The number of carbonyl (C=O) groups excluding carboxylic acids is 3. The van der Waals surface area contributed by atoms with Crippen molar-refractivity contribution in [1.82, 2.24) is 10.2 Å². The van der Waals surface area contributed by atoms with Crippen LogP contribution < -0.4 is 10.2 Å². The van der Waals surface area contributed by atoms with Crippen molar-refractivity contribution in [2.24, 2.45) is 0 Å². The lowest BCUT2D eigenvalue weighted by Crippen LogP contribution is -2.37. The summed E-state index contributed by atoms with van der Waals surface area (Å²) >= 11 is 1.67. The maximum absolute atomic E-state index is 12.3. The molecule has 1 N–H and O–H groups in total. The van der Waals surface area contributed by atoms with Crippen molar-refractivity contribution in [3.05, 3.63) is 59.7 Å². The first kappa shape index (κ1) is 20.9. The molecular formula is C22H25N3O3S. The zero-order valence-electron chi connectivity index (χ0n) is 16.7. The fourth-order valence-corrected chi connectivity index (χ4v) is 3.61. The van der Waals surface area contributed by atoms with Crippen LogP contribution in [0.2, 0.25) is 0 Å². The number of thioether (sulfide) groups is 1. The van der Waals surface area contributed by atoms with Gasteiger partial charge in [0.05, 0.1) is 6.54 Å². The van der Waals surface area contributed by atoms with Gasteiger partial charge in [0.1, 0.15) is 0 Å². The molecule has 152 valence electrons. The van der Waals surface area contributed by atoms with Crippen molar-refractivity contribution in [1.29, 1.82) is 0 Å². The molecule has 0 radical (unpaired) electrons. The molecular weight excluding hydrogens is 386 g/mol. The summed E-state index contributed by atoms with van der Waals surface area (Å²) in [4.78, 5) is 41.0. The number of nitrogens with zero attached hydrogens (tertiary/aromatic N) is 2. The van der Waals surface area contributed by atoms with Crippen molar-refractivity contribution in [2.45, 2.75) is 24.3 Å². The van der Waals surface area contributed by atoms with Crippen LogP contribution in [0.3, 0.4) is 0 Å². The second-order valence-corrected chi connectivity index (χ2v) is 7.86. The summed E-state index contributed by atoms with van der Waals surface area (Å²) in [6, 6.07) is 14.9. The summed E-state index contributed by atoms with van der Waals surface area (Å²) in [6.07, 6.45) is 3.45. The second kappa shape index (κ2) is 9.60. The summed E-state index contributed by atoms with van der Waals surface area (Å²) in [5, 5.41) is 2.67. The Hall–Kier alpha value is -2.80. The molecule has 2 aromatic rings. The maximum Gasteiger partial charge on any atom is 0.251 e. The van der Waals surface area contributed by atoms with Gasteiger partial charge in [-0.1, -0.05) is 12.1 Å². The molecule has 1 aliphatic rings. The van der Waals surface area contributed by atoms with Crippen molar-refractivity contribution in [3.8, 4) is 0 Å². The fraction of sp³-hybridized carbons (Fsp3) is 0.318. The number of carbonyl (C=O) groups is 3. The molecule has 6 nitrogen and oxygen atoms in total. The Labute approximate surface area is 175 Å². The summed E-state index contributed by atoms with van der Waals surface area (Å²) in [5.74, 6) is -0.360. The lowest BCUT2D eigenvalue weighted by atomic mass is 10.2. The number of anilines is 1. The van der Waals surface area contributed by atoms with E-state index >= 15 is 0 Å². The van der Waals surface area contributed by atoms with Gasteiger partial charge >= 0.3 is 0 Å². The average Bonchev–Trinajstić information content (AvgIpc) is 3.18. The Kier molecular flexibility index (Phi) is 6.93. The summed E-state index contributed by atoms with van der Waals surface area (Å²) in [6.45, 7) is 1.14. The minimum Gasteiger partial charge on any atom is -0.343 e. The number of benzene rings is 2. The van der Waals surface area contributed by atoms with Gasteiger partial charge in [0.25, 0.3) is 5.91 Å². The molecule has 29 heavy (non-hydrogen) atoms. The van der Waals surface area contributed by atoms with Gasteiger partial charge in [-0.3, -0.25) is 14.4 Å². The van der Waals surface area contributed by atoms with Crippen LogP contribution in [-0.2, 0) is 16.1 Å². The Bertz CT molecular complexity index is 881. The van der Waals surface area contributed by atoms with Crippen LogP contribution in [0.4, 0.5) is 5.69 Å². The smallest absolute Gasteiger partial charge is 0.251 e. The third-order valence-corrected chi connectivity index (χ3v) is 5.66. The Balaban J connectivity index is 1.49. The van der Waals surface area contributed by atoms with E-state index in [4.69, 9.17) is 0 Å². The SMILES string of the molecule is CSc1ccc(CN(C)C(=O)CNC(=O)c2ccc(N3CCCC3=O)cc2)cc1. The summed E-state index contributed by atoms with van der Waals surface area (Å²) in [5.41, 5.74) is 2.30. The van der Waals surface area contributed by atoms with Crippen LogP contribution in [0.5, 0.6) is 0 Å². The van der Waals surface area contributed by atoms with Gasteiger partial charge in [-0.05, 0) is 54.6 Å². The topological polar surface area (TPSA) is 69.7 Å². The van der Waals surface area contributed by atoms with E-state index in [1.165, 1.54) is 4.90 Å². The molecule has 0 aliphatic carbocycles. The van der Waals surface area contributed by atoms with Crippen molar-refractivity contribution >= 4 is 35.2 Å². The van der Waals surface area contributed by atoms with Crippen LogP contribution in [0.15, 0.2) is 53.4 Å². The van der Waals surface area contributed by atoms with Gasteiger partial charge in [0.2, 0.25) is 11.8 Å². The van der Waals surface area contributed by atoms with Crippen molar-refractivity contribution in [2.75, 3.05) is 31.3 Å². The van der Waals surface area contributed by atoms with E-state index in [2.05, 4.69) is 5.32 Å². The number of amides is 3. The van der Waals surface area contributed by atoms with Crippen LogP contribution in [0, 0.1) is 0 Å². The van der Waals surface area contributed by atoms with Crippen LogP contribution in [-0.4, -0.2) is 49.0 Å². The maximum atomic E-state index is 12.3. The Morgan fingerprint density at radius 1 is 1.10 bits per heavy atom. The van der Waals surface area contributed by atoms with Gasteiger partial charge in [-0.15, -0.1) is 11.8 Å². The molecule has 0 unspecified atom stereocenters. The molecule has 3 rings (SSSR count). The minimum absolute atomic E-state index is 0.0649. The molecule has 2 aromatic carbocycles. The number of hydrogen-bond acceptors (Lipinski definition) is 4. The van der Waals surface area contributed by atoms with Gasteiger partial charge in [-0.2, -0.15) is 0 Å². The van der Waals surface area contributed by atoms with Gasteiger partial charge in [0.15, 0.2) is 0 Å². The number of nitrogens with one attached hydrogen (secondary N) is 1. The molecule has 0 bridgehead atoms. The molecule has 0 spiro atoms. The van der Waals surface area contributed by atoms with Crippen molar-refractivity contribution < 1.29 is 14.4 Å². The highest BCUT2D eigenvalue weighted by Crippen LogP contribution is 2.21. The molecule has 1 saturated heterocycles. The third kappa shape index (κ3) is 5.38. The largest absolute Gasteiger partial charge is 0.343 e. The molecule has 0 saturated carbocycles. The van der Waals surface area contributed by atoms with E-state index in [0.29, 0.717) is 25.1 Å². The van der Waals surface area contributed by atoms with Gasteiger partial charge in [-0.25, -0.2) is 0 Å². The monoisotopic (exact) mass is 411 g/mol. The number of likely N-dealkylation sites (N-methyl/N-ethyl adjacent to an activating group) is 1. The Morgan fingerprint density at radius 3 is 2.38 bits per heavy atom. The van der Waals surface area contributed by atoms with Gasteiger partial charge < -0.3 is 15.1 Å². The highest BCUT2D eigenvalue weighted by molar-refractivity contribution is 7.98. The fourth-order valence-electron chi connectivity index (χ4n) is 3.20. The highest BCUT2D eigenvalue weighted by Gasteiger charge is 2.21. The van der Waals surface area contributed by atoms with Crippen LogP contribution in [0.1, 0.15) is 28.8 Å². The zero-order valence-corrected chi connectivity index (χ0v) is 17.5. The number of hydrogen-bond donors (Lipinski definition) is 1. The molecule has 1 aliphatic heterocycles. The van der Waals surface area contributed by atoms with E-state index in [9.17, 15) is 14.4 Å². The van der Waals surface area contributed by atoms with E-state index in [-0.39, 0.29) is 24.3 Å². The normalized spacial score (nSPS) is 13.4. The lowest BCUT2D eigenvalue weighted by molar-refractivity contribution is -0.129. The molecule has 0 aromatic heterocycles. The van der Waals surface area contributed by atoms with E-state index in [1.807, 2.05) is 30.5 Å². The van der Waals surface area contributed by atoms with E-state index < -0.39 is 0 Å². The quantitative estimate of drug-likeness (QED) is 0.712. The van der Waals surface area contributed by atoms with Crippen LogP contribution >= 0.6 is 11.8 Å². The third-order valence-electron chi connectivity index (χ3n) is 4.92. The molecule has 0 atom stereocenters. The molecule has 1 heterocycles. The predicted molar refractivity (Wildman–Crippen MR) is 115 cm³/mol. The minimum atomic E-state index is -0.310. The summed E-state index contributed by atoms with van der Waals surface area (Å²) in [7, 11) is 1.72. The predicted octanol–water partition coefficient (Wildman–Crippen LogP) is 2.92. The second-order valence-electron chi connectivity index (χ2n) is 6.98. The first-order valence-electron chi connectivity index (χ1n) is 9.53. The standard InChI is InChI=1S/C22H25N3O3S/c1-24(15-16-5-11-19(29-2)12-6-16)21(27)14-23-22(28)17-7-9-18(10-8-17)25-13-3-4-20(25)26/h5-12H,3-4,13-15H2,1-2H3,(H,23,28). The molecule has 1 fully saturated rings. The van der Waals surface area contributed by atoms with Crippen molar-refractivity contribution in [3.63, 3.8) is 0 Å². The first-order valence-corrected chi connectivity index (χ1v) is 10.8. The average molecular weight is 412 g/mol. The lowest BCUT2D eigenvalue weighted by Gasteiger charge is -2.18. The van der Waals surface area contributed by atoms with Crippen LogP contribution in [0.25, 0.3) is 0 Å². The van der Waals surface area contributed by atoms with E-state index in [1.54, 1.807) is 52.9 Å². The first-order chi connectivity index (χ1) is 14.0. The highest BCUT2D eigenvalue weighted by atomic mass is 32.2. The van der Waals surface area contributed by atoms with Gasteiger partial charge in [0, 0.05) is 42.7 Å².